The van der Waals surface area contributed by atoms with Gasteiger partial charge in [0, 0.05) is 11.6 Å². The van der Waals surface area contributed by atoms with E-state index in [0.717, 1.165) is 0 Å². The molecule has 0 fully saturated rings. The first-order valence-corrected chi connectivity index (χ1v) is 4.55. The second-order valence-corrected chi connectivity index (χ2v) is 3.26. The SMILES string of the molecule is CCC(N)C(O)c1cccc(F)c1N. The molecule has 3 nitrogen and oxygen atoms in total. The number of rotatable bonds is 3. The molecule has 1 aromatic carbocycles. The minimum atomic E-state index is -0.907. The van der Waals surface area contributed by atoms with Gasteiger partial charge in [-0.1, -0.05) is 19.1 Å². The lowest BCUT2D eigenvalue weighted by Gasteiger charge is -2.19. The largest absolute Gasteiger partial charge is 0.396 e. The number of hydrogen-bond donors (Lipinski definition) is 3. The molecule has 0 bridgehead atoms. The van der Waals surface area contributed by atoms with Crippen molar-refractivity contribution in [1.29, 1.82) is 0 Å². The van der Waals surface area contributed by atoms with Gasteiger partial charge >= 0.3 is 0 Å². The number of nitrogen functional groups attached to an aromatic ring is 1. The average Bonchev–Trinajstić information content (AvgIpc) is 2.20. The van der Waals surface area contributed by atoms with E-state index in [9.17, 15) is 9.50 Å². The maximum Gasteiger partial charge on any atom is 0.146 e. The molecular weight excluding hydrogens is 183 g/mol. The number of para-hydroxylation sites is 1. The summed E-state index contributed by atoms with van der Waals surface area (Å²) in [5.41, 5.74) is 11.5. The molecule has 1 rings (SSSR count). The Balaban J connectivity index is 3.01. The van der Waals surface area contributed by atoms with Gasteiger partial charge in [-0.3, -0.25) is 0 Å². The van der Waals surface area contributed by atoms with Crippen molar-refractivity contribution in [2.24, 2.45) is 5.73 Å². The van der Waals surface area contributed by atoms with Gasteiger partial charge < -0.3 is 16.6 Å². The second kappa shape index (κ2) is 4.39. The first-order chi connectivity index (χ1) is 6.57. The smallest absolute Gasteiger partial charge is 0.146 e. The third-order valence-electron chi connectivity index (χ3n) is 2.28. The maximum absolute atomic E-state index is 13.0. The summed E-state index contributed by atoms with van der Waals surface area (Å²) in [7, 11) is 0. The lowest BCUT2D eigenvalue weighted by molar-refractivity contribution is 0.145. The Morgan fingerprint density at radius 2 is 2.14 bits per heavy atom. The minimum absolute atomic E-state index is 0.0242. The zero-order valence-corrected chi connectivity index (χ0v) is 8.07. The van der Waals surface area contributed by atoms with Crippen LogP contribution >= 0.6 is 0 Å². The van der Waals surface area contributed by atoms with Gasteiger partial charge in [0.05, 0.1) is 11.8 Å². The van der Waals surface area contributed by atoms with E-state index in [-0.39, 0.29) is 5.69 Å². The predicted molar refractivity (Wildman–Crippen MR) is 54.0 cm³/mol. The minimum Gasteiger partial charge on any atom is -0.396 e. The van der Waals surface area contributed by atoms with Crippen LogP contribution in [0.3, 0.4) is 0 Å². The number of aliphatic hydroxyl groups is 1. The number of benzene rings is 1. The fourth-order valence-electron chi connectivity index (χ4n) is 1.27. The molecular formula is C10H15FN2O. The van der Waals surface area contributed by atoms with E-state index in [1.165, 1.54) is 12.1 Å². The first-order valence-electron chi connectivity index (χ1n) is 4.55. The summed E-state index contributed by atoms with van der Waals surface area (Å²) in [6.45, 7) is 1.85. The third kappa shape index (κ3) is 2.02. The lowest BCUT2D eigenvalue weighted by atomic mass is 9.99. The number of halogens is 1. The van der Waals surface area contributed by atoms with E-state index >= 15 is 0 Å². The molecule has 2 atom stereocenters. The van der Waals surface area contributed by atoms with Crippen LogP contribution in [0.5, 0.6) is 0 Å². The van der Waals surface area contributed by atoms with Crippen molar-refractivity contribution < 1.29 is 9.50 Å². The fraction of sp³-hybridized carbons (Fsp3) is 0.400. The molecule has 0 heterocycles. The van der Waals surface area contributed by atoms with Crippen molar-refractivity contribution in [3.05, 3.63) is 29.6 Å². The summed E-state index contributed by atoms with van der Waals surface area (Å²) in [6.07, 6.45) is -0.299. The maximum atomic E-state index is 13.0. The molecule has 0 aliphatic carbocycles. The van der Waals surface area contributed by atoms with Gasteiger partial charge in [-0.25, -0.2) is 4.39 Å². The zero-order chi connectivity index (χ0) is 10.7. The summed E-state index contributed by atoms with van der Waals surface area (Å²) < 4.78 is 13.0. The van der Waals surface area contributed by atoms with Crippen LogP contribution in [0.25, 0.3) is 0 Å². The van der Waals surface area contributed by atoms with E-state index in [2.05, 4.69) is 0 Å². The molecule has 0 aromatic heterocycles. The summed E-state index contributed by atoms with van der Waals surface area (Å²) in [4.78, 5) is 0. The van der Waals surface area contributed by atoms with Crippen LogP contribution in [-0.2, 0) is 0 Å². The van der Waals surface area contributed by atoms with Gasteiger partial charge in [0.25, 0.3) is 0 Å². The summed E-state index contributed by atoms with van der Waals surface area (Å²) in [6, 6.07) is 3.92. The monoisotopic (exact) mass is 198 g/mol. The zero-order valence-electron chi connectivity index (χ0n) is 8.07. The highest BCUT2D eigenvalue weighted by Gasteiger charge is 2.18. The average molecular weight is 198 g/mol. The molecule has 0 saturated heterocycles. The van der Waals surface area contributed by atoms with Crippen LogP contribution in [0, 0.1) is 5.82 Å². The van der Waals surface area contributed by atoms with Gasteiger partial charge in [0.2, 0.25) is 0 Å². The molecule has 0 saturated carbocycles. The Kier molecular flexibility index (Phi) is 3.43. The molecule has 0 spiro atoms. The number of aliphatic hydroxyl groups excluding tert-OH is 1. The van der Waals surface area contributed by atoms with Crippen molar-refractivity contribution >= 4 is 5.69 Å². The van der Waals surface area contributed by atoms with Crippen molar-refractivity contribution in [2.45, 2.75) is 25.5 Å². The normalized spacial score (nSPS) is 15.1. The van der Waals surface area contributed by atoms with Crippen LogP contribution < -0.4 is 11.5 Å². The number of hydrogen-bond acceptors (Lipinski definition) is 3. The summed E-state index contributed by atoms with van der Waals surface area (Å²) >= 11 is 0. The lowest BCUT2D eigenvalue weighted by Crippen LogP contribution is -2.28. The molecule has 78 valence electrons. The van der Waals surface area contributed by atoms with Crippen LogP contribution in [0.4, 0.5) is 10.1 Å². The standard InChI is InChI=1S/C10H15FN2O/c1-2-8(12)10(14)6-4-3-5-7(11)9(6)13/h3-5,8,10,14H,2,12-13H2,1H3. The predicted octanol–water partition coefficient (Wildman–Crippen LogP) is 1.18. The van der Waals surface area contributed by atoms with Crippen LogP contribution in [0.2, 0.25) is 0 Å². The van der Waals surface area contributed by atoms with Crippen molar-refractivity contribution in [1.82, 2.24) is 0 Å². The summed E-state index contributed by atoms with van der Waals surface area (Å²) in [5.74, 6) is -0.523. The van der Waals surface area contributed by atoms with Crippen molar-refractivity contribution in [3.8, 4) is 0 Å². The molecule has 0 aliphatic heterocycles. The third-order valence-corrected chi connectivity index (χ3v) is 2.28. The van der Waals surface area contributed by atoms with Gasteiger partial charge in [-0.15, -0.1) is 0 Å². The molecule has 0 aliphatic rings. The first kappa shape index (κ1) is 10.9. The number of anilines is 1. The van der Waals surface area contributed by atoms with Gasteiger partial charge in [0.15, 0.2) is 0 Å². The van der Waals surface area contributed by atoms with Crippen LogP contribution in [0.1, 0.15) is 25.0 Å². The van der Waals surface area contributed by atoms with Crippen LogP contribution in [-0.4, -0.2) is 11.1 Å². The van der Waals surface area contributed by atoms with E-state index in [1.807, 2.05) is 6.92 Å². The topological polar surface area (TPSA) is 72.3 Å². The molecule has 5 N–H and O–H groups in total. The Hall–Kier alpha value is -1.13. The number of nitrogens with two attached hydrogens (primary N) is 2. The highest BCUT2D eigenvalue weighted by Crippen LogP contribution is 2.25. The summed E-state index contributed by atoms with van der Waals surface area (Å²) in [5, 5.41) is 9.72. The Labute approximate surface area is 82.5 Å². The van der Waals surface area contributed by atoms with Gasteiger partial charge in [0.1, 0.15) is 5.82 Å². The Bertz CT molecular complexity index is 317. The van der Waals surface area contributed by atoms with Crippen molar-refractivity contribution in [2.75, 3.05) is 5.73 Å². The van der Waals surface area contributed by atoms with Gasteiger partial charge in [-0.05, 0) is 12.5 Å². The fourth-order valence-corrected chi connectivity index (χ4v) is 1.27. The van der Waals surface area contributed by atoms with E-state index in [0.29, 0.717) is 12.0 Å². The highest BCUT2D eigenvalue weighted by atomic mass is 19.1. The Morgan fingerprint density at radius 1 is 1.50 bits per heavy atom. The van der Waals surface area contributed by atoms with E-state index < -0.39 is 18.0 Å². The Morgan fingerprint density at radius 3 is 2.71 bits per heavy atom. The molecule has 0 radical (unpaired) electrons. The molecule has 4 heteroatoms. The molecule has 2 unspecified atom stereocenters. The van der Waals surface area contributed by atoms with Gasteiger partial charge in [-0.2, -0.15) is 0 Å². The highest BCUT2D eigenvalue weighted by molar-refractivity contribution is 5.49. The second-order valence-electron chi connectivity index (χ2n) is 3.26. The van der Waals surface area contributed by atoms with Crippen LogP contribution in [0.15, 0.2) is 18.2 Å². The molecule has 14 heavy (non-hydrogen) atoms. The van der Waals surface area contributed by atoms with E-state index in [1.54, 1.807) is 6.07 Å². The van der Waals surface area contributed by atoms with Crippen molar-refractivity contribution in [3.63, 3.8) is 0 Å². The molecule has 0 amide bonds. The van der Waals surface area contributed by atoms with E-state index in [4.69, 9.17) is 11.5 Å². The quantitative estimate of drug-likeness (QED) is 0.638. The molecule has 1 aromatic rings.